The predicted molar refractivity (Wildman–Crippen MR) is 138 cm³/mol. The molecule has 1 aromatic heterocycles. The zero-order valence-corrected chi connectivity index (χ0v) is 20.9. The second-order valence-corrected chi connectivity index (χ2v) is 10.4. The highest BCUT2D eigenvalue weighted by molar-refractivity contribution is 6.30. The van der Waals surface area contributed by atoms with Crippen molar-refractivity contribution in [3.8, 4) is 11.4 Å². The molecule has 0 N–H and O–H groups in total. The molecular weight excluding hydrogens is 477 g/mol. The molecule has 2 aliphatic carbocycles. The zero-order valence-electron chi connectivity index (χ0n) is 20.2. The van der Waals surface area contributed by atoms with Gasteiger partial charge in [-0.1, -0.05) is 30.9 Å². The van der Waals surface area contributed by atoms with E-state index >= 15 is 4.39 Å². The molecule has 0 radical (unpaired) electrons. The van der Waals surface area contributed by atoms with Crippen LogP contribution >= 0.6 is 11.6 Å². The maximum absolute atomic E-state index is 15.1. The van der Waals surface area contributed by atoms with E-state index in [4.69, 9.17) is 21.4 Å². The molecular formula is C28H29ClFN5O. The number of rotatable bonds is 7. The number of hydrogen-bond donors (Lipinski definition) is 0. The van der Waals surface area contributed by atoms with Crippen molar-refractivity contribution in [2.45, 2.75) is 57.3 Å². The van der Waals surface area contributed by atoms with E-state index in [-0.39, 0.29) is 17.5 Å². The fraction of sp³-hybridized carbons (Fsp3) is 0.429. The lowest BCUT2D eigenvalue weighted by atomic mass is 9.77. The highest BCUT2D eigenvalue weighted by Gasteiger charge is 2.34. The van der Waals surface area contributed by atoms with Crippen molar-refractivity contribution in [1.82, 2.24) is 9.78 Å². The van der Waals surface area contributed by atoms with E-state index in [0.29, 0.717) is 35.4 Å². The van der Waals surface area contributed by atoms with Crippen LogP contribution < -0.4 is 4.74 Å². The van der Waals surface area contributed by atoms with Crippen molar-refractivity contribution >= 4 is 17.3 Å². The normalized spacial score (nSPS) is 18.3. The van der Waals surface area contributed by atoms with E-state index in [1.54, 1.807) is 6.07 Å². The maximum atomic E-state index is 15.1. The Morgan fingerprint density at radius 1 is 1.03 bits per heavy atom. The number of halogens is 2. The lowest BCUT2D eigenvalue weighted by Crippen LogP contribution is -2.26. The first kappa shape index (κ1) is 23.3. The van der Waals surface area contributed by atoms with E-state index in [0.717, 1.165) is 37.8 Å². The molecule has 1 unspecified atom stereocenters. The number of ether oxygens (including phenoxy) is 1. The van der Waals surface area contributed by atoms with E-state index in [1.165, 1.54) is 42.3 Å². The van der Waals surface area contributed by atoms with E-state index in [2.05, 4.69) is 20.1 Å². The van der Waals surface area contributed by atoms with Gasteiger partial charge in [-0.25, -0.2) is 9.07 Å². The van der Waals surface area contributed by atoms with Crippen molar-refractivity contribution in [2.24, 2.45) is 21.4 Å². The lowest BCUT2D eigenvalue weighted by Gasteiger charge is -2.31. The van der Waals surface area contributed by atoms with Crippen LogP contribution in [0.3, 0.4) is 0 Å². The number of nitrogens with zero attached hydrogens (tertiary/aromatic N) is 5. The van der Waals surface area contributed by atoms with Crippen molar-refractivity contribution in [2.75, 3.05) is 13.2 Å². The molecule has 0 amide bonds. The third-order valence-electron chi connectivity index (χ3n) is 7.72. The molecule has 8 heteroatoms. The molecule has 0 bridgehead atoms. The monoisotopic (exact) mass is 505 g/mol. The molecule has 0 saturated heterocycles. The molecule has 6 rings (SSSR count). The van der Waals surface area contributed by atoms with Gasteiger partial charge < -0.3 is 4.74 Å². The third-order valence-corrected chi connectivity index (χ3v) is 7.97. The molecule has 0 spiro atoms. The Hall–Kier alpha value is -3.06. The van der Waals surface area contributed by atoms with Gasteiger partial charge in [0, 0.05) is 16.5 Å². The van der Waals surface area contributed by atoms with Gasteiger partial charge in [0.1, 0.15) is 6.54 Å². The predicted octanol–water partition coefficient (Wildman–Crippen LogP) is 7.07. The van der Waals surface area contributed by atoms with Crippen LogP contribution in [-0.4, -0.2) is 28.6 Å². The minimum absolute atomic E-state index is 0.131. The highest BCUT2D eigenvalue weighted by atomic mass is 35.5. The number of aromatic nitrogens is 2. The van der Waals surface area contributed by atoms with Gasteiger partial charge in [0.2, 0.25) is 0 Å². The summed E-state index contributed by atoms with van der Waals surface area (Å²) >= 11 is 6.18. The number of hydrogen-bond acceptors (Lipinski definition) is 5. The van der Waals surface area contributed by atoms with Crippen LogP contribution in [0.4, 0.5) is 4.39 Å². The molecule has 1 fully saturated rings. The van der Waals surface area contributed by atoms with E-state index in [9.17, 15) is 0 Å². The van der Waals surface area contributed by atoms with Gasteiger partial charge >= 0.3 is 0 Å². The Morgan fingerprint density at radius 2 is 1.86 bits per heavy atom. The standard InChI is InChI=1S/C28H29ClFN5O/c29-20-10-12-21(13-11-20)35-28(22-7-4-8-25(22)33-35)23(18-5-2-1-3-6-18)17-36-27-14-9-19(15-24(27)30)26-16-31-34-32-26/h9-15,18,23H,1-8,16-17H2. The molecule has 1 atom stereocenters. The average Bonchev–Trinajstić information content (AvgIpc) is 3.65. The second-order valence-electron chi connectivity index (χ2n) is 9.95. The second kappa shape index (κ2) is 10.1. The van der Waals surface area contributed by atoms with Gasteiger partial charge in [-0.05, 0) is 91.3 Å². The molecule has 2 aromatic carbocycles. The fourth-order valence-corrected chi connectivity index (χ4v) is 6.02. The van der Waals surface area contributed by atoms with Crippen LogP contribution in [0.1, 0.15) is 67.0 Å². The van der Waals surface area contributed by atoms with Gasteiger partial charge in [0.15, 0.2) is 11.6 Å². The van der Waals surface area contributed by atoms with Gasteiger partial charge in [-0.15, -0.1) is 5.10 Å². The van der Waals surface area contributed by atoms with Crippen molar-refractivity contribution in [3.63, 3.8) is 0 Å². The molecule has 1 saturated carbocycles. The van der Waals surface area contributed by atoms with E-state index in [1.807, 2.05) is 30.3 Å². The summed E-state index contributed by atoms with van der Waals surface area (Å²) in [4.78, 5) is 0. The Labute approximate surface area is 215 Å². The summed E-state index contributed by atoms with van der Waals surface area (Å²) in [6, 6.07) is 12.9. The minimum atomic E-state index is -0.388. The number of aryl methyl sites for hydroxylation is 1. The minimum Gasteiger partial charge on any atom is -0.490 e. The highest BCUT2D eigenvalue weighted by Crippen LogP contribution is 2.41. The SMILES string of the molecule is Fc1cc(C2=NN=NC2)ccc1OCC(c1c2c(nn1-c1ccc(Cl)cc1)CCC2)C1CCCCC1. The molecule has 6 nitrogen and oxygen atoms in total. The van der Waals surface area contributed by atoms with Crippen molar-refractivity contribution < 1.29 is 9.13 Å². The number of benzene rings is 2. The average molecular weight is 506 g/mol. The molecule has 186 valence electrons. The van der Waals surface area contributed by atoms with Gasteiger partial charge in [0.05, 0.1) is 29.4 Å². The molecule has 3 aromatic rings. The summed E-state index contributed by atoms with van der Waals surface area (Å²) in [5.74, 6) is 0.484. The third kappa shape index (κ3) is 4.57. The molecule has 2 heterocycles. The quantitative estimate of drug-likeness (QED) is 0.345. The summed E-state index contributed by atoms with van der Waals surface area (Å²) in [5, 5.41) is 17.2. The van der Waals surface area contributed by atoms with Crippen LogP contribution in [0.2, 0.25) is 5.02 Å². The first-order valence-corrected chi connectivity index (χ1v) is 13.3. The zero-order chi connectivity index (χ0) is 24.5. The maximum Gasteiger partial charge on any atom is 0.165 e. The van der Waals surface area contributed by atoms with Crippen LogP contribution in [0, 0.1) is 11.7 Å². The summed E-state index contributed by atoms with van der Waals surface area (Å²) in [5.41, 5.74) is 6.14. The Bertz CT molecular complexity index is 1310. The van der Waals surface area contributed by atoms with Crippen LogP contribution in [0.5, 0.6) is 5.75 Å². The van der Waals surface area contributed by atoms with Gasteiger partial charge in [-0.2, -0.15) is 10.2 Å². The number of fused-ring (bicyclic) bond motifs is 1. The summed E-state index contributed by atoms with van der Waals surface area (Å²) in [7, 11) is 0. The molecule has 3 aliphatic rings. The topological polar surface area (TPSA) is 64.1 Å². The van der Waals surface area contributed by atoms with Crippen LogP contribution in [-0.2, 0) is 12.8 Å². The van der Waals surface area contributed by atoms with Gasteiger partial charge in [0.25, 0.3) is 0 Å². The van der Waals surface area contributed by atoms with Crippen molar-refractivity contribution in [3.05, 3.63) is 75.8 Å². The first-order chi connectivity index (χ1) is 17.7. The Balaban J connectivity index is 1.33. The Kier molecular flexibility index (Phi) is 6.57. The molecule has 36 heavy (non-hydrogen) atoms. The largest absolute Gasteiger partial charge is 0.490 e. The van der Waals surface area contributed by atoms with E-state index < -0.39 is 0 Å². The van der Waals surface area contributed by atoms with Crippen LogP contribution in [0.25, 0.3) is 5.69 Å². The molecule has 1 aliphatic heterocycles. The smallest absolute Gasteiger partial charge is 0.165 e. The van der Waals surface area contributed by atoms with Crippen molar-refractivity contribution in [1.29, 1.82) is 0 Å². The lowest BCUT2D eigenvalue weighted by molar-refractivity contribution is 0.201. The summed E-state index contributed by atoms with van der Waals surface area (Å²) in [6.45, 7) is 0.793. The summed E-state index contributed by atoms with van der Waals surface area (Å²) < 4.78 is 23.4. The van der Waals surface area contributed by atoms with Gasteiger partial charge in [-0.3, -0.25) is 0 Å². The first-order valence-electron chi connectivity index (χ1n) is 12.9. The Morgan fingerprint density at radius 3 is 2.61 bits per heavy atom. The summed E-state index contributed by atoms with van der Waals surface area (Å²) in [6.07, 6.45) is 9.19. The fourth-order valence-electron chi connectivity index (χ4n) is 5.89. The van der Waals surface area contributed by atoms with Crippen LogP contribution in [0.15, 0.2) is 57.9 Å².